The van der Waals surface area contributed by atoms with Gasteiger partial charge in [0.2, 0.25) is 0 Å². The average Bonchev–Trinajstić information content (AvgIpc) is 3.14. The van der Waals surface area contributed by atoms with E-state index in [1.54, 1.807) is 13.8 Å². The Hall–Kier alpha value is -3.19. The van der Waals surface area contributed by atoms with E-state index in [1.807, 2.05) is 35.7 Å². The Balaban J connectivity index is 1.82. The third-order valence-corrected chi connectivity index (χ3v) is 4.98. The number of halogens is 1. The summed E-state index contributed by atoms with van der Waals surface area (Å²) in [6.45, 7) is 3.53. The van der Waals surface area contributed by atoms with Crippen LogP contribution in [-0.4, -0.2) is 24.6 Å². The maximum Gasteiger partial charge on any atom is 0.341 e. The van der Waals surface area contributed by atoms with E-state index in [1.165, 1.54) is 35.6 Å². The van der Waals surface area contributed by atoms with Crippen molar-refractivity contribution >= 4 is 28.2 Å². The smallest absolute Gasteiger partial charge is 0.341 e. The van der Waals surface area contributed by atoms with Crippen LogP contribution in [0.1, 0.15) is 24.2 Å². The van der Waals surface area contributed by atoms with Gasteiger partial charge in [-0.15, -0.1) is 11.3 Å². The highest BCUT2D eigenvalue weighted by molar-refractivity contribution is 7.15. The van der Waals surface area contributed by atoms with Gasteiger partial charge in [-0.25, -0.2) is 9.18 Å². The minimum Gasteiger partial charge on any atom is -0.481 e. The van der Waals surface area contributed by atoms with Crippen molar-refractivity contribution in [2.45, 2.75) is 20.0 Å². The lowest BCUT2D eigenvalue weighted by atomic mass is 10.0. The third-order valence-electron chi connectivity index (χ3n) is 4.09. The first kappa shape index (κ1) is 20.5. The first-order valence-corrected chi connectivity index (χ1v) is 9.94. The number of carbonyl (C=O) groups is 2. The summed E-state index contributed by atoms with van der Waals surface area (Å²) >= 11 is 1.24. The number of rotatable bonds is 7. The standard InChI is InChI=1S/C22H20FNO4S/c1-3-27-22(26)19-18(15-7-5-4-6-8-15)13-29-21(19)24-20(25)14(2)28-17-11-9-16(23)10-12-17/h4-14H,3H2,1-2H3,(H,24,25)/t14-/m0/s1. The van der Waals surface area contributed by atoms with Gasteiger partial charge >= 0.3 is 5.97 Å². The van der Waals surface area contributed by atoms with Crippen molar-refractivity contribution in [3.8, 4) is 16.9 Å². The number of benzene rings is 2. The molecule has 1 heterocycles. The van der Waals surface area contributed by atoms with Crippen molar-refractivity contribution in [2.75, 3.05) is 11.9 Å². The Morgan fingerprint density at radius 2 is 1.79 bits per heavy atom. The third kappa shape index (κ3) is 5.00. The molecule has 0 aliphatic rings. The number of esters is 1. The second kappa shape index (κ2) is 9.34. The predicted molar refractivity (Wildman–Crippen MR) is 111 cm³/mol. The van der Waals surface area contributed by atoms with Gasteiger partial charge in [0.1, 0.15) is 22.1 Å². The van der Waals surface area contributed by atoms with Crippen molar-refractivity contribution in [3.63, 3.8) is 0 Å². The zero-order chi connectivity index (χ0) is 20.8. The summed E-state index contributed by atoms with van der Waals surface area (Å²) in [7, 11) is 0. The largest absolute Gasteiger partial charge is 0.481 e. The molecule has 0 spiro atoms. The lowest BCUT2D eigenvalue weighted by molar-refractivity contribution is -0.122. The van der Waals surface area contributed by atoms with E-state index in [0.29, 0.717) is 21.9 Å². The van der Waals surface area contributed by atoms with Crippen LogP contribution in [0.15, 0.2) is 60.0 Å². The summed E-state index contributed by atoms with van der Waals surface area (Å²) in [5.74, 6) is -0.951. The summed E-state index contributed by atoms with van der Waals surface area (Å²) in [6.07, 6.45) is -0.849. The first-order valence-electron chi connectivity index (χ1n) is 9.06. The topological polar surface area (TPSA) is 64.6 Å². The van der Waals surface area contributed by atoms with Crippen LogP contribution in [0.5, 0.6) is 5.75 Å². The number of ether oxygens (including phenoxy) is 2. The minimum atomic E-state index is -0.849. The molecule has 3 rings (SSSR count). The van der Waals surface area contributed by atoms with Crippen LogP contribution in [0.3, 0.4) is 0 Å². The Bertz CT molecular complexity index is 986. The summed E-state index contributed by atoms with van der Waals surface area (Å²) in [6, 6.07) is 14.8. The second-order valence-electron chi connectivity index (χ2n) is 6.14. The van der Waals surface area contributed by atoms with Gasteiger partial charge in [-0.1, -0.05) is 30.3 Å². The normalized spacial score (nSPS) is 11.6. The average molecular weight is 413 g/mol. The molecule has 0 unspecified atom stereocenters. The van der Waals surface area contributed by atoms with E-state index < -0.39 is 18.0 Å². The molecule has 1 atom stereocenters. The summed E-state index contributed by atoms with van der Waals surface area (Å²) < 4.78 is 23.8. The molecule has 0 bridgehead atoms. The van der Waals surface area contributed by atoms with Gasteiger partial charge in [0.25, 0.3) is 5.91 Å². The Labute approximate surface area is 172 Å². The van der Waals surface area contributed by atoms with E-state index in [2.05, 4.69) is 5.32 Å². The lowest BCUT2D eigenvalue weighted by Crippen LogP contribution is -2.30. The molecule has 1 amide bonds. The van der Waals surface area contributed by atoms with E-state index in [-0.39, 0.29) is 12.4 Å². The number of anilines is 1. The lowest BCUT2D eigenvalue weighted by Gasteiger charge is -2.15. The van der Waals surface area contributed by atoms with Crippen LogP contribution in [0.4, 0.5) is 9.39 Å². The molecule has 1 N–H and O–H groups in total. The molecule has 2 aromatic carbocycles. The molecular weight excluding hydrogens is 393 g/mol. The van der Waals surface area contributed by atoms with Crippen molar-refractivity contribution in [1.82, 2.24) is 0 Å². The van der Waals surface area contributed by atoms with Gasteiger partial charge in [-0.2, -0.15) is 0 Å². The maximum absolute atomic E-state index is 13.0. The van der Waals surface area contributed by atoms with Crippen molar-refractivity contribution < 1.29 is 23.5 Å². The van der Waals surface area contributed by atoms with Crippen molar-refractivity contribution in [3.05, 3.63) is 71.4 Å². The fourth-order valence-electron chi connectivity index (χ4n) is 2.67. The van der Waals surface area contributed by atoms with E-state index in [9.17, 15) is 14.0 Å². The molecule has 3 aromatic rings. The monoisotopic (exact) mass is 413 g/mol. The van der Waals surface area contributed by atoms with Gasteiger partial charge in [0.15, 0.2) is 6.10 Å². The first-order chi connectivity index (χ1) is 14.0. The Morgan fingerprint density at radius 3 is 2.45 bits per heavy atom. The van der Waals surface area contributed by atoms with Crippen LogP contribution in [0, 0.1) is 5.82 Å². The van der Waals surface area contributed by atoms with Gasteiger partial charge in [-0.05, 0) is 43.7 Å². The quantitative estimate of drug-likeness (QED) is 0.545. The van der Waals surface area contributed by atoms with Gasteiger partial charge in [0.05, 0.1) is 6.61 Å². The molecule has 0 saturated carbocycles. The molecule has 150 valence electrons. The molecule has 0 aliphatic heterocycles. The summed E-state index contributed by atoms with van der Waals surface area (Å²) in [5.41, 5.74) is 1.85. The number of hydrogen-bond acceptors (Lipinski definition) is 5. The molecule has 0 saturated heterocycles. The molecule has 0 aliphatic carbocycles. The number of nitrogens with one attached hydrogen (secondary N) is 1. The fraction of sp³-hybridized carbons (Fsp3) is 0.182. The van der Waals surface area contributed by atoms with E-state index >= 15 is 0 Å². The highest BCUT2D eigenvalue weighted by Gasteiger charge is 2.24. The highest BCUT2D eigenvalue weighted by Crippen LogP contribution is 2.36. The zero-order valence-electron chi connectivity index (χ0n) is 16.0. The van der Waals surface area contributed by atoms with Gasteiger partial charge in [-0.3, -0.25) is 4.79 Å². The Kier molecular flexibility index (Phi) is 6.61. The molecule has 7 heteroatoms. The van der Waals surface area contributed by atoms with Crippen LogP contribution in [0.25, 0.3) is 11.1 Å². The summed E-state index contributed by atoms with van der Waals surface area (Å²) in [4.78, 5) is 25.2. The highest BCUT2D eigenvalue weighted by atomic mass is 32.1. The second-order valence-corrected chi connectivity index (χ2v) is 7.02. The fourth-order valence-corrected chi connectivity index (χ4v) is 3.63. The van der Waals surface area contributed by atoms with Crippen LogP contribution in [-0.2, 0) is 9.53 Å². The van der Waals surface area contributed by atoms with Crippen molar-refractivity contribution in [2.24, 2.45) is 0 Å². The van der Waals surface area contributed by atoms with Crippen molar-refractivity contribution in [1.29, 1.82) is 0 Å². The predicted octanol–water partition coefficient (Wildman–Crippen LogP) is 5.14. The number of carbonyl (C=O) groups excluding carboxylic acids is 2. The molecular formula is C22H20FNO4S. The van der Waals surface area contributed by atoms with Crippen LogP contribution in [0.2, 0.25) is 0 Å². The molecule has 0 radical (unpaired) electrons. The molecule has 0 fully saturated rings. The van der Waals surface area contributed by atoms with Gasteiger partial charge in [0, 0.05) is 10.9 Å². The van der Waals surface area contributed by atoms with E-state index in [4.69, 9.17) is 9.47 Å². The van der Waals surface area contributed by atoms with Gasteiger partial charge < -0.3 is 14.8 Å². The minimum absolute atomic E-state index is 0.223. The van der Waals surface area contributed by atoms with Crippen LogP contribution >= 0.6 is 11.3 Å². The number of amides is 1. The summed E-state index contributed by atoms with van der Waals surface area (Å²) in [5, 5.41) is 4.95. The number of hydrogen-bond donors (Lipinski definition) is 1. The number of thiophene rings is 1. The Morgan fingerprint density at radius 1 is 1.10 bits per heavy atom. The van der Waals surface area contributed by atoms with E-state index in [0.717, 1.165) is 5.56 Å². The zero-order valence-corrected chi connectivity index (χ0v) is 16.8. The molecule has 5 nitrogen and oxygen atoms in total. The SMILES string of the molecule is CCOC(=O)c1c(-c2ccccc2)csc1NC(=O)[C@H](C)Oc1ccc(F)cc1. The molecule has 29 heavy (non-hydrogen) atoms. The molecule has 1 aromatic heterocycles. The van der Waals surface area contributed by atoms with Crippen LogP contribution < -0.4 is 10.1 Å². The maximum atomic E-state index is 13.0.